The molecule has 0 unspecified atom stereocenters. The van der Waals surface area contributed by atoms with Crippen LogP contribution in [0, 0.1) is 0 Å². The predicted octanol–water partition coefficient (Wildman–Crippen LogP) is 0.337. The van der Waals surface area contributed by atoms with Crippen molar-refractivity contribution in [2.24, 2.45) is 0 Å². The van der Waals surface area contributed by atoms with Crippen LogP contribution in [0.25, 0.3) is 0 Å². The van der Waals surface area contributed by atoms with Crippen LogP contribution in [0.3, 0.4) is 0 Å². The summed E-state index contributed by atoms with van der Waals surface area (Å²) in [6.45, 7) is 0.259. The first-order chi connectivity index (χ1) is 7.63. The van der Waals surface area contributed by atoms with Crippen LogP contribution in [-0.4, -0.2) is 29.2 Å². The van der Waals surface area contributed by atoms with Crippen LogP contribution in [0.5, 0.6) is 0 Å². The Morgan fingerprint density at radius 2 is 2.31 bits per heavy atom. The Balaban J connectivity index is 2.56. The fourth-order valence-corrected chi connectivity index (χ4v) is 1.35. The molecule has 2 N–H and O–H groups in total. The van der Waals surface area contributed by atoms with Gasteiger partial charge in [-0.2, -0.15) is 11.8 Å². The molecule has 5 nitrogen and oxygen atoms in total. The normalized spacial score (nSPS) is 10.1. The zero-order valence-electron chi connectivity index (χ0n) is 9.01. The molecule has 0 aromatic carbocycles. The molecule has 1 rings (SSSR count). The summed E-state index contributed by atoms with van der Waals surface area (Å²) in [6.07, 6.45) is 3.36. The maximum absolute atomic E-state index is 11.3. The van der Waals surface area contributed by atoms with Crippen LogP contribution in [0.4, 0.5) is 5.69 Å². The number of nitrogens with two attached hydrogens (primary N) is 1. The molecule has 0 saturated carbocycles. The van der Waals surface area contributed by atoms with E-state index in [-0.39, 0.29) is 12.1 Å². The Labute approximate surface area is 97.6 Å². The topological polar surface area (TPSA) is 74.3 Å². The van der Waals surface area contributed by atoms with Crippen LogP contribution in [-0.2, 0) is 16.1 Å². The second-order valence-electron chi connectivity index (χ2n) is 3.14. The summed E-state index contributed by atoms with van der Waals surface area (Å²) in [5, 5.41) is 0. The number of nitrogens with zero attached hydrogens (tertiary/aromatic N) is 1. The Morgan fingerprint density at radius 1 is 1.56 bits per heavy atom. The van der Waals surface area contributed by atoms with E-state index in [1.54, 1.807) is 11.8 Å². The molecule has 16 heavy (non-hydrogen) atoms. The number of carbonyl (C=O) groups excluding carboxylic acids is 1. The number of thioether (sulfide) groups is 1. The van der Waals surface area contributed by atoms with Gasteiger partial charge in [0.25, 0.3) is 5.56 Å². The highest BCUT2D eigenvalue weighted by molar-refractivity contribution is 7.98. The van der Waals surface area contributed by atoms with Crippen molar-refractivity contribution in [3.63, 3.8) is 0 Å². The Hall–Kier alpha value is -1.43. The third-order valence-corrected chi connectivity index (χ3v) is 2.43. The van der Waals surface area contributed by atoms with Crippen molar-refractivity contribution in [3.05, 3.63) is 28.7 Å². The average molecular weight is 242 g/mol. The van der Waals surface area contributed by atoms with Gasteiger partial charge in [-0.1, -0.05) is 0 Å². The number of esters is 1. The van der Waals surface area contributed by atoms with E-state index in [0.29, 0.717) is 12.3 Å². The first-order valence-electron chi connectivity index (χ1n) is 4.74. The molecular weight excluding hydrogens is 228 g/mol. The van der Waals surface area contributed by atoms with Gasteiger partial charge in [-0.15, -0.1) is 0 Å². The van der Waals surface area contributed by atoms with Gasteiger partial charge in [-0.25, -0.2) is 0 Å². The number of nitrogen functional groups attached to an aromatic ring is 1. The van der Waals surface area contributed by atoms with Crippen molar-refractivity contribution < 1.29 is 9.53 Å². The third-order valence-electron chi connectivity index (χ3n) is 1.86. The number of aromatic nitrogens is 1. The summed E-state index contributed by atoms with van der Waals surface area (Å²) >= 11 is 1.59. The Bertz CT molecular complexity index is 417. The van der Waals surface area contributed by atoms with Crippen LogP contribution in [0.2, 0.25) is 0 Å². The first-order valence-corrected chi connectivity index (χ1v) is 6.13. The van der Waals surface area contributed by atoms with Crippen LogP contribution in [0.1, 0.15) is 0 Å². The van der Waals surface area contributed by atoms with E-state index >= 15 is 0 Å². The largest absolute Gasteiger partial charge is 0.463 e. The molecular formula is C10H14N2O3S. The highest BCUT2D eigenvalue weighted by Crippen LogP contribution is 1.97. The van der Waals surface area contributed by atoms with Gasteiger partial charge >= 0.3 is 5.97 Å². The molecule has 1 aromatic heterocycles. The summed E-state index contributed by atoms with van der Waals surface area (Å²) < 4.78 is 6.15. The molecule has 0 radical (unpaired) electrons. The number of hydrogen-bond donors (Lipinski definition) is 1. The van der Waals surface area contributed by atoms with E-state index in [0.717, 1.165) is 5.75 Å². The van der Waals surface area contributed by atoms with Gasteiger partial charge in [0, 0.05) is 23.7 Å². The van der Waals surface area contributed by atoms with Gasteiger partial charge in [-0.3, -0.25) is 9.59 Å². The van der Waals surface area contributed by atoms with Crippen molar-refractivity contribution in [3.8, 4) is 0 Å². The summed E-state index contributed by atoms with van der Waals surface area (Å²) in [6, 6.07) is 2.82. The van der Waals surface area contributed by atoms with Crippen molar-refractivity contribution in [1.82, 2.24) is 4.57 Å². The minimum absolute atomic E-state index is 0.0990. The molecule has 1 aromatic rings. The van der Waals surface area contributed by atoms with Gasteiger partial charge < -0.3 is 15.0 Å². The smallest absolute Gasteiger partial charge is 0.326 e. The molecule has 0 atom stereocenters. The molecule has 88 valence electrons. The quantitative estimate of drug-likeness (QED) is 0.595. The molecule has 1 heterocycles. The molecule has 0 saturated heterocycles. The van der Waals surface area contributed by atoms with Gasteiger partial charge in [0.1, 0.15) is 13.2 Å². The van der Waals surface area contributed by atoms with E-state index < -0.39 is 5.97 Å². The summed E-state index contributed by atoms with van der Waals surface area (Å²) in [5.41, 5.74) is 5.68. The maximum atomic E-state index is 11.3. The number of anilines is 1. The summed E-state index contributed by atoms with van der Waals surface area (Å²) in [4.78, 5) is 22.7. The number of hydrogen-bond acceptors (Lipinski definition) is 5. The molecule has 0 amide bonds. The summed E-state index contributed by atoms with van der Waals surface area (Å²) in [7, 11) is 0. The Kier molecular flexibility index (Phi) is 4.91. The SMILES string of the molecule is CSCCOC(=O)Cn1cc(N)ccc1=O. The zero-order valence-corrected chi connectivity index (χ0v) is 9.83. The van der Waals surface area contributed by atoms with E-state index in [4.69, 9.17) is 10.5 Å². The number of pyridine rings is 1. The fraction of sp³-hybridized carbons (Fsp3) is 0.400. The maximum Gasteiger partial charge on any atom is 0.326 e. The van der Waals surface area contributed by atoms with E-state index in [1.165, 1.54) is 22.9 Å². The minimum Gasteiger partial charge on any atom is -0.463 e. The standard InChI is InChI=1S/C10H14N2O3S/c1-16-5-4-15-10(14)7-12-6-8(11)2-3-9(12)13/h2-3,6H,4-5,7,11H2,1H3. The Morgan fingerprint density at radius 3 is 3.00 bits per heavy atom. The fourth-order valence-electron chi connectivity index (χ4n) is 1.10. The van der Waals surface area contributed by atoms with Gasteiger partial charge in [-0.05, 0) is 12.3 Å². The van der Waals surface area contributed by atoms with Crippen molar-refractivity contribution in [2.45, 2.75) is 6.54 Å². The highest BCUT2D eigenvalue weighted by atomic mass is 32.2. The van der Waals surface area contributed by atoms with Gasteiger partial charge in [0.05, 0.1) is 0 Å². The molecule has 6 heteroatoms. The molecule has 0 bridgehead atoms. The van der Waals surface area contributed by atoms with Crippen LogP contribution in [0.15, 0.2) is 23.1 Å². The lowest BCUT2D eigenvalue weighted by Crippen LogP contribution is -2.25. The molecule has 0 aliphatic heterocycles. The minimum atomic E-state index is -0.429. The third kappa shape index (κ3) is 3.98. The zero-order chi connectivity index (χ0) is 12.0. The van der Waals surface area contributed by atoms with Gasteiger partial charge in [0.2, 0.25) is 0 Å². The molecule has 0 fully saturated rings. The lowest BCUT2D eigenvalue weighted by atomic mass is 10.4. The monoisotopic (exact) mass is 242 g/mol. The average Bonchev–Trinajstić information content (AvgIpc) is 2.24. The van der Waals surface area contributed by atoms with Crippen LogP contribution < -0.4 is 11.3 Å². The summed E-state index contributed by atoms with van der Waals surface area (Å²) in [5.74, 6) is 0.319. The first kappa shape index (κ1) is 12.6. The van der Waals surface area contributed by atoms with Crippen molar-refractivity contribution in [1.29, 1.82) is 0 Å². The van der Waals surface area contributed by atoms with E-state index in [2.05, 4.69) is 0 Å². The lowest BCUT2D eigenvalue weighted by molar-refractivity contribution is -0.143. The van der Waals surface area contributed by atoms with E-state index in [9.17, 15) is 9.59 Å². The molecule has 0 spiro atoms. The predicted molar refractivity (Wildman–Crippen MR) is 64.5 cm³/mol. The highest BCUT2D eigenvalue weighted by Gasteiger charge is 2.05. The lowest BCUT2D eigenvalue weighted by Gasteiger charge is -2.06. The van der Waals surface area contributed by atoms with Crippen molar-refractivity contribution in [2.75, 3.05) is 24.3 Å². The molecule has 0 aliphatic carbocycles. The number of carbonyl (C=O) groups is 1. The van der Waals surface area contributed by atoms with Crippen LogP contribution >= 0.6 is 11.8 Å². The van der Waals surface area contributed by atoms with Crippen molar-refractivity contribution >= 4 is 23.4 Å². The second kappa shape index (κ2) is 6.22. The second-order valence-corrected chi connectivity index (χ2v) is 4.13. The van der Waals surface area contributed by atoms with Gasteiger partial charge in [0.15, 0.2) is 0 Å². The number of ether oxygens (including phenoxy) is 1. The van der Waals surface area contributed by atoms with E-state index in [1.807, 2.05) is 6.26 Å². The number of rotatable bonds is 5. The molecule has 0 aliphatic rings.